The van der Waals surface area contributed by atoms with Crippen molar-refractivity contribution in [2.45, 2.75) is 17.9 Å². The monoisotopic (exact) mass is 290 g/mol. The molecule has 0 saturated carbocycles. The largest absolute Gasteiger partial charge is 0.395 e. The van der Waals surface area contributed by atoms with Crippen LogP contribution in [-0.4, -0.2) is 42.8 Å². The number of hydrogen-bond acceptors (Lipinski definition) is 6. The van der Waals surface area contributed by atoms with Gasteiger partial charge in [-0.2, -0.15) is 0 Å². The third kappa shape index (κ3) is 3.47. The quantitative estimate of drug-likeness (QED) is 0.480. The van der Waals surface area contributed by atoms with E-state index in [4.69, 9.17) is 10.2 Å². The van der Waals surface area contributed by atoms with Crippen molar-refractivity contribution in [1.82, 2.24) is 4.72 Å². The maximum Gasteiger partial charge on any atom is 0.289 e. The SMILES string of the molecule is Cc1cccc([N+](=O)[O-])c1S(=O)(=O)NC(CO)CO. The molecule has 3 N–H and O–H groups in total. The Kier molecular flexibility index (Phi) is 4.95. The van der Waals surface area contributed by atoms with E-state index >= 15 is 0 Å². The van der Waals surface area contributed by atoms with Gasteiger partial charge in [-0.3, -0.25) is 10.1 Å². The Morgan fingerprint density at radius 2 is 1.95 bits per heavy atom. The van der Waals surface area contributed by atoms with Crippen LogP contribution in [0.5, 0.6) is 0 Å². The number of aryl methyl sites for hydroxylation is 1. The average molecular weight is 290 g/mol. The van der Waals surface area contributed by atoms with Crippen molar-refractivity contribution in [3.63, 3.8) is 0 Å². The molecule has 1 aromatic carbocycles. The zero-order valence-electron chi connectivity index (χ0n) is 10.1. The molecule has 0 atom stereocenters. The number of nitrogens with one attached hydrogen (secondary N) is 1. The second kappa shape index (κ2) is 6.06. The molecule has 0 radical (unpaired) electrons. The Hall–Kier alpha value is -1.55. The second-order valence-electron chi connectivity index (χ2n) is 3.86. The summed E-state index contributed by atoms with van der Waals surface area (Å²) >= 11 is 0. The van der Waals surface area contributed by atoms with Crippen molar-refractivity contribution in [2.75, 3.05) is 13.2 Å². The van der Waals surface area contributed by atoms with Gasteiger partial charge in [0.05, 0.1) is 24.2 Å². The van der Waals surface area contributed by atoms with Crippen LogP contribution >= 0.6 is 0 Å². The first-order valence-corrected chi connectivity index (χ1v) is 6.80. The number of nitro groups is 1. The van der Waals surface area contributed by atoms with Gasteiger partial charge >= 0.3 is 0 Å². The summed E-state index contributed by atoms with van der Waals surface area (Å²) in [5.41, 5.74) is -0.349. The fraction of sp³-hybridized carbons (Fsp3) is 0.400. The van der Waals surface area contributed by atoms with Crippen molar-refractivity contribution in [3.8, 4) is 0 Å². The van der Waals surface area contributed by atoms with Crippen LogP contribution < -0.4 is 4.72 Å². The highest BCUT2D eigenvalue weighted by atomic mass is 32.2. The highest BCUT2D eigenvalue weighted by molar-refractivity contribution is 7.89. The third-order valence-corrected chi connectivity index (χ3v) is 4.13. The van der Waals surface area contributed by atoms with Crippen LogP contribution in [-0.2, 0) is 10.0 Å². The predicted octanol–water partition coefficient (Wildman–Crippen LogP) is -0.465. The molecule has 0 aliphatic carbocycles. The predicted molar refractivity (Wildman–Crippen MR) is 66.1 cm³/mol. The van der Waals surface area contributed by atoms with E-state index < -0.39 is 44.8 Å². The summed E-state index contributed by atoms with van der Waals surface area (Å²) in [6, 6.07) is 2.77. The van der Waals surface area contributed by atoms with Gasteiger partial charge in [-0.1, -0.05) is 12.1 Å². The number of rotatable bonds is 6. The standard InChI is InChI=1S/C10H14N2O6S/c1-7-3-2-4-9(12(15)16)10(7)19(17,18)11-8(5-13)6-14/h2-4,8,11,13-14H,5-6H2,1H3. The first-order chi connectivity index (χ1) is 8.83. The Morgan fingerprint density at radius 1 is 1.37 bits per heavy atom. The Bertz CT molecular complexity index is 567. The Balaban J connectivity index is 3.32. The van der Waals surface area contributed by atoms with E-state index in [1.807, 2.05) is 4.72 Å². The van der Waals surface area contributed by atoms with Gasteiger partial charge in [0.15, 0.2) is 4.90 Å². The number of nitrogens with zero attached hydrogens (tertiary/aromatic N) is 1. The first kappa shape index (κ1) is 15.5. The molecule has 0 amide bonds. The lowest BCUT2D eigenvalue weighted by molar-refractivity contribution is -0.387. The van der Waals surface area contributed by atoms with Crippen LogP contribution in [0.25, 0.3) is 0 Å². The molecular formula is C10H14N2O6S. The van der Waals surface area contributed by atoms with E-state index in [1.54, 1.807) is 0 Å². The van der Waals surface area contributed by atoms with E-state index in [2.05, 4.69) is 0 Å². The van der Waals surface area contributed by atoms with Crippen molar-refractivity contribution in [3.05, 3.63) is 33.9 Å². The molecule has 0 fully saturated rings. The minimum Gasteiger partial charge on any atom is -0.395 e. The van der Waals surface area contributed by atoms with E-state index in [1.165, 1.54) is 19.1 Å². The van der Waals surface area contributed by atoms with E-state index in [-0.39, 0.29) is 5.56 Å². The maximum atomic E-state index is 12.1. The minimum absolute atomic E-state index is 0.205. The normalized spacial score (nSPS) is 11.8. The lowest BCUT2D eigenvalue weighted by Gasteiger charge is -2.15. The van der Waals surface area contributed by atoms with E-state index in [0.717, 1.165) is 6.07 Å². The third-order valence-electron chi connectivity index (χ3n) is 2.42. The van der Waals surface area contributed by atoms with E-state index in [0.29, 0.717) is 0 Å². The molecule has 1 rings (SSSR count). The molecule has 0 aliphatic rings. The van der Waals surface area contributed by atoms with E-state index in [9.17, 15) is 18.5 Å². The van der Waals surface area contributed by atoms with Crippen LogP contribution in [0.3, 0.4) is 0 Å². The lowest BCUT2D eigenvalue weighted by atomic mass is 10.2. The van der Waals surface area contributed by atoms with Gasteiger partial charge in [-0.05, 0) is 12.5 Å². The summed E-state index contributed by atoms with van der Waals surface area (Å²) < 4.78 is 26.2. The van der Waals surface area contributed by atoms with Gasteiger partial charge in [0.1, 0.15) is 0 Å². The molecular weight excluding hydrogens is 276 g/mol. The summed E-state index contributed by atoms with van der Waals surface area (Å²) in [7, 11) is -4.20. The Labute approximate surface area is 109 Å². The summed E-state index contributed by atoms with van der Waals surface area (Å²) in [6.45, 7) is 0.194. The number of aliphatic hydroxyl groups is 2. The molecule has 0 saturated heterocycles. The molecule has 9 heteroatoms. The number of nitro benzene ring substituents is 1. The zero-order valence-corrected chi connectivity index (χ0v) is 10.9. The highest BCUT2D eigenvalue weighted by Crippen LogP contribution is 2.26. The fourth-order valence-corrected chi connectivity index (χ4v) is 3.16. The van der Waals surface area contributed by atoms with Gasteiger partial charge in [0, 0.05) is 6.07 Å². The van der Waals surface area contributed by atoms with Crippen molar-refractivity contribution < 1.29 is 23.6 Å². The van der Waals surface area contributed by atoms with Crippen LogP contribution in [0, 0.1) is 17.0 Å². The van der Waals surface area contributed by atoms with Crippen LogP contribution in [0.1, 0.15) is 5.56 Å². The summed E-state index contributed by atoms with van der Waals surface area (Å²) in [4.78, 5) is 9.60. The zero-order chi connectivity index (χ0) is 14.6. The van der Waals surface area contributed by atoms with Crippen LogP contribution in [0.2, 0.25) is 0 Å². The molecule has 0 unspecified atom stereocenters. The minimum atomic E-state index is -4.20. The number of aliphatic hydroxyl groups excluding tert-OH is 2. The van der Waals surface area contributed by atoms with Crippen molar-refractivity contribution >= 4 is 15.7 Å². The first-order valence-electron chi connectivity index (χ1n) is 5.31. The van der Waals surface area contributed by atoms with Gasteiger partial charge in [0.25, 0.3) is 5.69 Å². The lowest BCUT2D eigenvalue weighted by Crippen LogP contribution is -2.40. The number of benzene rings is 1. The van der Waals surface area contributed by atoms with Crippen LogP contribution in [0.4, 0.5) is 5.69 Å². The molecule has 0 bridgehead atoms. The smallest absolute Gasteiger partial charge is 0.289 e. The van der Waals surface area contributed by atoms with Gasteiger partial charge in [-0.15, -0.1) is 0 Å². The van der Waals surface area contributed by atoms with Crippen molar-refractivity contribution in [1.29, 1.82) is 0 Å². The molecule has 0 aromatic heterocycles. The van der Waals surface area contributed by atoms with Crippen LogP contribution in [0.15, 0.2) is 23.1 Å². The molecule has 1 aromatic rings. The van der Waals surface area contributed by atoms with Crippen molar-refractivity contribution in [2.24, 2.45) is 0 Å². The number of hydrogen-bond donors (Lipinski definition) is 3. The summed E-state index contributed by atoms with van der Waals surface area (Å²) in [5, 5.41) is 28.6. The van der Waals surface area contributed by atoms with Gasteiger partial charge in [-0.25, -0.2) is 13.1 Å². The molecule has 8 nitrogen and oxygen atoms in total. The highest BCUT2D eigenvalue weighted by Gasteiger charge is 2.29. The molecule has 19 heavy (non-hydrogen) atoms. The molecule has 106 valence electrons. The van der Waals surface area contributed by atoms with Gasteiger partial charge < -0.3 is 10.2 Å². The molecule has 0 heterocycles. The summed E-state index contributed by atoms with van der Waals surface area (Å²) in [5.74, 6) is 0. The molecule has 0 spiro atoms. The fourth-order valence-electron chi connectivity index (χ4n) is 1.54. The second-order valence-corrected chi connectivity index (χ2v) is 5.51. The average Bonchev–Trinajstić information content (AvgIpc) is 2.35. The molecule has 0 aliphatic heterocycles. The number of sulfonamides is 1. The van der Waals surface area contributed by atoms with Gasteiger partial charge in [0.2, 0.25) is 10.0 Å². The maximum absolute atomic E-state index is 12.1. The topological polar surface area (TPSA) is 130 Å². The Morgan fingerprint density at radius 3 is 2.42 bits per heavy atom. The summed E-state index contributed by atoms with van der Waals surface area (Å²) in [6.07, 6.45) is 0.